The van der Waals surface area contributed by atoms with Crippen molar-refractivity contribution in [2.75, 3.05) is 5.32 Å². The third-order valence-corrected chi connectivity index (χ3v) is 3.89. The number of aryl methyl sites for hydroxylation is 2. The predicted molar refractivity (Wildman–Crippen MR) is 81.6 cm³/mol. The van der Waals surface area contributed by atoms with Crippen LogP contribution < -0.4 is 5.32 Å². The molecular weight excluding hydrogens is 295 g/mol. The molecule has 0 aliphatic rings. The number of alkyl halides is 3. The maximum atomic E-state index is 12.5. The Labute approximate surface area is 126 Å². The molecule has 0 amide bonds. The lowest BCUT2D eigenvalue weighted by Gasteiger charge is -2.14. The number of halogens is 3. The molecule has 1 N–H and O–H groups in total. The van der Waals surface area contributed by atoms with Crippen molar-refractivity contribution in [3.63, 3.8) is 0 Å². The highest BCUT2D eigenvalue weighted by Gasteiger charge is 2.30. The Morgan fingerprint density at radius 2 is 1.76 bits per heavy atom. The number of hydrogen-bond donors (Lipinski definition) is 1. The first-order valence-corrected chi connectivity index (χ1v) is 7.31. The molecule has 2 rings (SSSR count). The maximum absolute atomic E-state index is 12.5. The molecule has 2 aromatic rings. The van der Waals surface area contributed by atoms with Gasteiger partial charge in [-0.15, -0.1) is 0 Å². The first-order valence-electron chi connectivity index (χ1n) is 6.50. The Hall–Kier alpha value is -1.62. The monoisotopic (exact) mass is 311 g/mol. The van der Waals surface area contributed by atoms with Crippen LogP contribution in [-0.4, -0.2) is 5.51 Å². The molecule has 0 unspecified atom stereocenters. The van der Waals surface area contributed by atoms with Crippen LogP contribution in [0.5, 0.6) is 0 Å². The second-order valence-electron chi connectivity index (χ2n) is 4.83. The predicted octanol–water partition coefficient (Wildman–Crippen LogP) is 5.53. The zero-order valence-electron chi connectivity index (χ0n) is 11.8. The van der Waals surface area contributed by atoms with E-state index in [1.807, 2.05) is 32.0 Å². The minimum atomic E-state index is -4.28. The molecule has 21 heavy (non-hydrogen) atoms. The van der Waals surface area contributed by atoms with Crippen LogP contribution in [0, 0.1) is 13.8 Å². The average Bonchev–Trinajstić information content (AvgIpc) is 2.39. The lowest BCUT2D eigenvalue weighted by atomic mass is 10.1. The van der Waals surface area contributed by atoms with Gasteiger partial charge in [0.1, 0.15) is 0 Å². The van der Waals surface area contributed by atoms with Crippen molar-refractivity contribution in [3.05, 3.63) is 59.2 Å². The van der Waals surface area contributed by atoms with E-state index in [-0.39, 0.29) is 16.7 Å². The van der Waals surface area contributed by atoms with E-state index in [0.717, 1.165) is 16.7 Å². The SMILES string of the molecule is Cc1ccc(C)c(CNc2ccccc2SC(F)(F)F)c1. The summed E-state index contributed by atoms with van der Waals surface area (Å²) in [4.78, 5) is 0.190. The molecule has 0 fully saturated rings. The molecule has 1 nitrogen and oxygen atoms in total. The van der Waals surface area contributed by atoms with Gasteiger partial charge < -0.3 is 5.32 Å². The summed E-state index contributed by atoms with van der Waals surface area (Å²) in [5, 5.41) is 3.10. The summed E-state index contributed by atoms with van der Waals surface area (Å²) < 4.78 is 37.6. The van der Waals surface area contributed by atoms with Crippen molar-refractivity contribution in [1.29, 1.82) is 0 Å². The van der Waals surface area contributed by atoms with E-state index >= 15 is 0 Å². The summed E-state index contributed by atoms with van der Waals surface area (Å²) in [6.45, 7) is 4.49. The molecule has 0 aliphatic carbocycles. The molecule has 0 aliphatic heterocycles. The fraction of sp³-hybridized carbons (Fsp3) is 0.250. The number of anilines is 1. The summed E-state index contributed by atoms with van der Waals surface area (Å²) in [6, 6.07) is 12.6. The van der Waals surface area contributed by atoms with Crippen LogP contribution in [0.2, 0.25) is 0 Å². The van der Waals surface area contributed by atoms with Gasteiger partial charge in [-0.1, -0.05) is 35.9 Å². The van der Waals surface area contributed by atoms with Crippen molar-refractivity contribution in [2.24, 2.45) is 0 Å². The second kappa shape index (κ2) is 6.43. The highest BCUT2D eigenvalue weighted by Crippen LogP contribution is 2.40. The topological polar surface area (TPSA) is 12.0 Å². The third kappa shape index (κ3) is 4.70. The third-order valence-electron chi connectivity index (χ3n) is 3.09. The first kappa shape index (κ1) is 15.8. The number of rotatable bonds is 4. The number of thioether (sulfide) groups is 1. The van der Waals surface area contributed by atoms with Gasteiger partial charge in [0.2, 0.25) is 0 Å². The fourth-order valence-corrected chi connectivity index (χ4v) is 2.65. The minimum absolute atomic E-state index is 0.0926. The van der Waals surface area contributed by atoms with Crippen LogP contribution in [0.15, 0.2) is 47.4 Å². The lowest BCUT2D eigenvalue weighted by Crippen LogP contribution is -2.05. The summed E-state index contributed by atoms with van der Waals surface area (Å²) in [7, 11) is 0. The molecule has 0 aromatic heterocycles. The fourth-order valence-electron chi connectivity index (χ4n) is 2.01. The van der Waals surface area contributed by atoms with Gasteiger partial charge >= 0.3 is 5.51 Å². The van der Waals surface area contributed by atoms with E-state index in [0.29, 0.717) is 12.2 Å². The Morgan fingerprint density at radius 3 is 2.48 bits per heavy atom. The molecule has 0 radical (unpaired) electrons. The van der Waals surface area contributed by atoms with Gasteiger partial charge in [-0.05, 0) is 48.9 Å². The summed E-state index contributed by atoms with van der Waals surface area (Å²) in [5.74, 6) is 0. The minimum Gasteiger partial charge on any atom is -0.380 e. The molecule has 0 spiro atoms. The standard InChI is InChI=1S/C16H16F3NS/c1-11-7-8-12(2)13(9-11)10-20-14-5-3-4-6-15(14)21-16(17,18)19/h3-9,20H,10H2,1-2H3. The van der Waals surface area contributed by atoms with Crippen LogP contribution in [0.25, 0.3) is 0 Å². The summed E-state index contributed by atoms with van der Waals surface area (Å²) >= 11 is -0.0926. The van der Waals surface area contributed by atoms with Crippen molar-refractivity contribution >= 4 is 17.4 Å². The molecular formula is C16H16F3NS. The van der Waals surface area contributed by atoms with Gasteiger partial charge in [-0.25, -0.2) is 0 Å². The van der Waals surface area contributed by atoms with E-state index in [9.17, 15) is 13.2 Å². The average molecular weight is 311 g/mol. The van der Waals surface area contributed by atoms with E-state index in [4.69, 9.17) is 0 Å². The summed E-state index contributed by atoms with van der Waals surface area (Å²) in [5.41, 5.74) is -0.441. The van der Waals surface area contributed by atoms with Crippen LogP contribution in [0.4, 0.5) is 18.9 Å². The normalized spacial score (nSPS) is 11.5. The molecule has 112 valence electrons. The lowest BCUT2D eigenvalue weighted by molar-refractivity contribution is -0.0327. The number of para-hydroxylation sites is 1. The Balaban J connectivity index is 2.15. The van der Waals surface area contributed by atoms with Crippen molar-refractivity contribution in [3.8, 4) is 0 Å². The van der Waals surface area contributed by atoms with Crippen LogP contribution in [0.3, 0.4) is 0 Å². The van der Waals surface area contributed by atoms with Crippen molar-refractivity contribution < 1.29 is 13.2 Å². The van der Waals surface area contributed by atoms with E-state index < -0.39 is 5.51 Å². The molecule has 0 heterocycles. The molecule has 0 bridgehead atoms. The first-order chi connectivity index (χ1) is 9.85. The molecule has 5 heteroatoms. The number of benzene rings is 2. The number of hydrogen-bond acceptors (Lipinski definition) is 2. The van der Waals surface area contributed by atoms with Gasteiger partial charge in [0.05, 0.1) is 0 Å². The highest BCUT2D eigenvalue weighted by molar-refractivity contribution is 8.00. The molecule has 0 atom stereocenters. The highest BCUT2D eigenvalue weighted by atomic mass is 32.2. The van der Waals surface area contributed by atoms with Crippen LogP contribution in [0.1, 0.15) is 16.7 Å². The largest absolute Gasteiger partial charge is 0.446 e. The molecule has 2 aromatic carbocycles. The summed E-state index contributed by atoms with van der Waals surface area (Å²) in [6.07, 6.45) is 0. The zero-order valence-corrected chi connectivity index (χ0v) is 12.6. The van der Waals surface area contributed by atoms with Gasteiger partial charge in [0.15, 0.2) is 0 Å². The smallest absolute Gasteiger partial charge is 0.380 e. The quantitative estimate of drug-likeness (QED) is 0.745. The second-order valence-corrected chi connectivity index (χ2v) is 5.93. The maximum Gasteiger partial charge on any atom is 0.446 e. The Morgan fingerprint density at radius 1 is 1.05 bits per heavy atom. The van der Waals surface area contributed by atoms with Crippen molar-refractivity contribution in [1.82, 2.24) is 0 Å². The van der Waals surface area contributed by atoms with Crippen LogP contribution in [-0.2, 0) is 6.54 Å². The van der Waals surface area contributed by atoms with E-state index in [1.165, 1.54) is 6.07 Å². The van der Waals surface area contributed by atoms with Crippen LogP contribution >= 0.6 is 11.8 Å². The zero-order chi connectivity index (χ0) is 15.5. The Kier molecular flexibility index (Phi) is 4.83. The van der Waals surface area contributed by atoms with Gasteiger partial charge in [-0.2, -0.15) is 13.2 Å². The van der Waals surface area contributed by atoms with Gasteiger partial charge in [-0.3, -0.25) is 0 Å². The number of nitrogens with one attached hydrogen (secondary N) is 1. The van der Waals surface area contributed by atoms with E-state index in [2.05, 4.69) is 5.32 Å². The molecule has 0 saturated carbocycles. The van der Waals surface area contributed by atoms with Gasteiger partial charge in [0, 0.05) is 17.1 Å². The van der Waals surface area contributed by atoms with Gasteiger partial charge in [0.25, 0.3) is 0 Å². The molecule has 0 saturated heterocycles. The van der Waals surface area contributed by atoms with E-state index in [1.54, 1.807) is 18.2 Å². The van der Waals surface area contributed by atoms with Crippen molar-refractivity contribution in [2.45, 2.75) is 30.8 Å². The Bertz CT molecular complexity index is 623.